The third-order valence-electron chi connectivity index (χ3n) is 2.73. The average Bonchev–Trinajstić information content (AvgIpc) is 2.24. The maximum atomic E-state index is 11.8. The molecule has 1 heterocycles. The summed E-state index contributed by atoms with van der Waals surface area (Å²) in [5.74, 6) is -1.30. The van der Waals surface area contributed by atoms with Gasteiger partial charge in [-0.1, -0.05) is 0 Å². The van der Waals surface area contributed by atoms with E-state index in [9.17, 15) is 18.0 Å². The highest BCUT2D eigenvalue weighted by Gasteiger charge is 2.38. The molecule has 1 atom stereocenters. The summed E-state index contributed by atoms with van der Waals surface area (Å²) in [6.07, 6.45) is -1.04. The maximum absolute atomic E-state index is 11.8. The van der Waals surface area contributed by atoms with Crippen molar-refractivity contribution in [2.45, 2.75) is 31.9 Å². The fraction of sp³-hybridized carbons (Fsp3) is 0.900. The number of halogens is 3. The Balaban J connectivity index is 2.05. The van der Waals surface area contributed by atoms with E-state index in [4.69, 9.17) is 0 Å². The van der Waals surface area contributed by atoms with Gasteiger partial charge in [0.15, 0.2) is 0 Å². The van der Waals surface area contributed by atoms with Crippen molar-refractivity contribution >= 4 is 5.91 Å². The average molecular weight is 238 g/mol. The third-order valence-corrected chi connectivity index (χ3v) is 2.73. The zero-order valence-corrected chi connectivity index (χ0v) is 9.07. The van der Waals surface area contributed by atoms with Gasteiger partial charge in [0.05, 0.1) is 0 Å². The molecule has 3 nitrogen and oxygen atoms in total. The van der Waals surface area contributed by atoms with Gasteiger partial charge in [-0.05, 0) is 44.7 Å². The summed E-state index contributed by atoms with van der Waals surface area (Å²) < 4.78 is 35.4. The molecule has 1 saturated heterocycles. The molecule has 0 aromatic rings. The lowest BCUT2D eigenvalue weighted by atomic mass is 9.95. The van der Waals surface area contributed by atoms with E-state index in [-0.39, 0.29) is 6.54 Å². The van der Waals surface area contributed by atoms with Gasteiger partial charge in [-0.2, -0.15) is 13.2 Å². The van der Waals surface area contributed by atoms with E-state index in [0.29, 0.717) is 12.3 Å². The molecule has 0 bridgehead atoms. The molecule has 6 heteroatoms. The maximum Gasteiger partial charge on any atom is 0.471 e. The van der Waals surface area contributed by atoms with Crippen LogP contribution in [-0.4, -0.2) is 31.7 Å². The number of carbonyl (C=O) groups excluding carboxylic acids is 1. The number of nitrogens with one attached hydrogen (secondary N) is 2. The number of hydrogen-bond acceptors (Lipinski definition) is 2. The molecule has 0 aromatic carbocycles. The Morgan fingerprint density at radius 1 is 1.44 bits per heavy atom. The van der Waals surface area contributed by atoms with Gasteiger partial charge in [0.1, 0.15) is 0 Å². The normalized spacial score (nSPS) is 21.8. The molecule has 16 heavy (non-hydrogen) atoms. The Morgan fingerprint density at radius 3 is 2.75 bits per heavy atom. The van der Waals surface area contributed by atoms with Gasteiger partial charge in [0, 0.05) is 6.54 Å². The van der Waals surface area contributed by atoms with Crippen molar-refractivity contribution < 1.29 is 18.0 Å². The molecule has 1 aliphatic heterocycles. The van der Waals surface area contributed by atoms with E-state index in [1.165, 1.54) is 0 Å². The molecule has 2 N–H and O–H groups in total. The van der Waals surface area contributed by atoms with E-state index >= 15 is 0 Å². The van der Waals surface area contributed by atoms with Crippen molar-refractivity contribution in [3.05, 3.63) is 0 Å². The predicted molar refractivity (Wildman–Crippen MR) is 53.9 cm³/mol. The van der Waals surface area contributed by atoms with Crippen molar-refractivity contribution in [2.24, 2.45) is 5.92 Å². The van der Waals surface area contributed by atoms with Crippen LogP contribution in [0, 0.1) is 5.92 Å². The molecule has 1 amide bonds. The van der Waals surface area contributed by atoms with Gasteiger partial charge in [-0.25, -0.2) is 0 Å². The van der Waals surface area contributed by atoms with Crippen LogP contribution in [0.25, 0.3) is 0 Å². The van der Waals surface area contributed by atoms with Crippen LogP contribution >= 0.6 is 0 Å². The van der Waals surface area contributed by atoms with Gasteiger partial charge in [0.25, 0.3) is 0 Å². The van der Waals surface area contributed by atoms with E-state index in [0.717, 1.165) is 32.4 Å². The highest BCUT2D eigenvalue weighted by molar-refractivity contribution is 5.81. The number of piperidine rings is 1. The minimum absolute atomic E-state index is 0.106. The lowest BCUT2D eigenvalue weighted by Gasteiger charge is -2.22. The van der Waals surface area contributed by atoms with Gasteiger partial charge in [-0.3, -0.25) is 4.79 Å². The second kappa shape index (κ2) is 6.08. The van der Waals surface area contributed by atoms with Gasteiger partial charge < -0.3 is 10.6 Å². The van der Waals surface area contributed by atoms with Crippen LogP contribution in [-0.2, 0) is 4.79 Å². The summed E-state index contributed by atoms with van der Waals surface area (Å²) in [5, 5.41) is 5.12. The Bertz CT molecular complexity index is 225. The zero-order chi connectivity index (χ0) is 12.0. The van der Waals surface area contributed by atoms with Crippen molar-refractivity contribution in [1.82, 2.24) is 10.6 Å². The number of alkyl halides is 3. The summed E-state index contributed by atoms with van der Waals surface area (Å²) in [5.41, 5.74) is 0. The van der Waals surface area contributed by atoms with E-state index in [2.05, 4.69) is 5.32 Å². The smallest absolute Gasteiger partial charge is 0.348 e. The number of carbonyl (C=O) groups is 1. The molecular weight excluding hydrogens is 221 g/mol. The lowest BCUT2D eigenvalue weighted by molar-refractivity contribution is -0.173. The fourth-order valence-electron chi connectivity index (χ4n) is 1.86. The van der Waals surface area contributed by atoms with Crippen LogP contribution in [0.15, 0.2) is 0 Å². The number of hydrogen-bond donors (Lipinski definition) is 2. The lowest BCUT2D eigenvalue weighted by Crippen LogP contribution is -2.37. The minimum atomic E-state index is -4.76. The molecule has 94 valence electrons. The van der Waals surface area contributed by atoms with Crippen LogP contribution in [0.4, 0.5) is 13.2 Å². The van der Waals surface area contributed by atoms with Crippen LogP contribution in [0.5, 0.6) is 0 Å². The number of rotatable bonds is 4. The highest BCUT2D eigenvalue weighted by atomic mass is 19.4. The minimum Gasteiger partial charge on any atom is -0.348 e. The molecule has 0 aliphatic carbocycles. The Labute approximate surface area is 92.8 Å². The topological polar surface area (TPSA) is 41.1 Å². The summed E-state index contributed by atoms with van der Waals surface area (Å²) in [4.78, 5) is 10.5. The first-order valence-electron chi connectivity index (χ1n) is 5.56. The first kappa shape index (κ1) is 13.3. The molecular formula is C10H17F3N2O. The Hall–Kier alpha value is -0.780. The quantitative estimate of drug-likeness (QED) is 0.728. The second-order valence-electron chi connectivity index (χ2n) is 4.11. The zero-order valence-electron chi connectivity index (χ0n) is 9.07. The van der Waals surface area contributed by atoms with Gasteiger partial charge >= 0.3 is 12.1 Å². The molecule has 0 spiro atoms. The Morgan fingerprint density at radius 2 is 2.19 bits per heavy atom. The van der Waals surface area contributed by atoms with Crippen molar-refractivity contribution in [3.8, 4) is 0 Å². The second-order valence-corrected chi connectivity index (χ2v) is 4.11. The summed E-state index contributed by atoms with van der Waals surface area (Å²) in [6, 6.07) is 0. The van der Waals surface area contributed by atoms with Gasteiger partial charge in [-0.15, -0.1) is 0 Å². The van der Waals surface area contributed by atoms with Crippen molar-refractivity contribution in [2.75, 3.05) is 19.6 Å². The first-order valence-corrected chi connectivity index (χ1v) is 5.56. The molecule has 0 aromatic heterocycles. The summed E-state index contributed by atoms with van der Waals surface area (Å²) >= 11 is 0. The van der Waals surface area contributed by atoms with Crippen molar-refractivity contribution in [3.63, 3.8) is 0 Å². The first-order chi connectivity index (χ1) is 7.50. The van der Waals surface area contributed by atoms with E-state index < -0.39 is 12.1 Å². The molecule has 0 radical (unpaired) electrons. The standard InChI is InChI=1S/C10H17F3N2O/c11-10(12,13)9(16)15-6-2-4-8-3-1-5-14-7-8/h8,14H,1-7H2,(H,15,16). The highest BCUT2D eigenvalue weighted by Crippen LogP contribution is 2.16. The molecule has 0 saturated carbocycles. The summed E-state index contributed by atoms with van der Waals surface area (Å²) in [7, 11) is 0. The molecule has 1 unspecified atom stereocenters. The van der Waals surface area contributed by atoms with Crippen LogP contribution < -0.4 is 10.6 Å². The van der Waals surface area contributed by atoms with Crippen LogP contribution in [0.3, 0.4) is 0 Å². The predicted octanol–water partition coefficient (Wildman–Crippen LogP) is 1.44. The fourth-order valence-corrected chi connectivity index (χ4v) is 1.86. The van der Waals surface area contributed by atoms with Crippen LogP contribution in [0.2, 0.25) is 0 Å². The molecule has 1 rings (SSSR count). The van der Waals surface area contributed by atoms with Crippen LogP contribution in [0.1, 0.15) is 25.7 Å². The summed E-state index contributed by atoms with van der Waals surface area (Å²) in [6.45, 7) is 2.07. The monoisotopic (exact) mass is 238 g/mol. The van der Waals surface area contributed by atoms with Gasteiger partial charge in [0.2, 0.25) is 0 Å². The third kappa shape index (κ3) is 4.83. The van der Waals surface area contributed by atoms with E-state index in [1.54, 1.807) is 0 Å². The molecule has 1 fully saturated rings. The number of amides is 1. The van der Waals surface area contributed by atoms with E-state index in [1.807, 2.05) is 5.32 Å². The largest absolute Gasteiger partial charge is 0.471 e. The SMILES string of the molecule is O=C(NCCCC1CCCNC1)C(F)(F)F. The molecule has 1 aliphatic rings. The Kier molecular flexibility index (Phi) is 5.05. The van der Waals surface area contributed by atoms with Crippen molar-refractivity contribution in [1.29, 1.82) is 0 Å².